The van der Waals surface area contributed by atoms with Crippen LogP contribution in [0.1, 0.15) is 46.3 Å². The molecule has 53 heavy (non-hydrogen) atoms. The average molecular weight is 758 g/mol. The fraction of sp³-hybridized carbons (Fsp3) is 0.297. The summed E-state index contributed by atoms with van der Waals surface area (Å²) in [7, 11) is 1.70. The largest absolute Gasteiger partial charge is 0.455 e. The van der Waals surface area contributed by atoms with Gasteiger partial charge in [-0.05, 0) is 82.9 Å². The van der Waals surface area contributed by atoms with E-state index in [1.54, 1.807) is 44.6 Å². The lowest BCUT2D eigenvalue weighted by Crippen LogP contribution is -2.55. The summed E-state index contributed by atoms with van der Waals surface area (Å²) in [6.07, 6.45) is 5.83. The maximum absolute atomic E-state index is 16.2. The van der Waals surface area contributed by atoms with Crippen LogP contribution in [0.5, 0.6) is 0 Å². The standard InChI is InChI=1S/C25H19F2NO5S.C10H13F2N3O.C2H7N/c1-3-28(34(2,31)32)20-12-21-23(24(27)22(20)17-6-4-5-15(11-17)13-29)19(14-30)25(33-21)16-7-9-18(26)10-8-16;1-13-10(8-14-3-2-4-15-8)5-7(6-10)16-9(11)12;1-3-2/h4-14H,3H2,1-2H3;2-4,7,9,13H,5-6H2,1H3;3H,1-2H3. The molecule has 0 saturated heterocycles. The number of carbonyl (C=O) groups is 2. The number of rotatable bonds is 11. The van der Waals surface area contributed by atoms with E-state index in [1.807, 2.05) is 14.1 Å². The Kier molecular flexibility index (Phi) is 13.6. The highest BCUT2D eigenvalue weighted by Crippen LogP contribution is 2.44. The number of halogens is 4. The van der Waals surface area contributed by atoms with Crippen LogP contribution in [-0.4, -0.2) is 77.6 Å². The number of hydrogen-bond donors (Lipinski definition) is 2. The first-order valence-electron chi connectivity index (χ1n) is 16.3. The summed E-state index contributed by atoms with van der Waals surface area (Å²) < 4.78 is 89.9. The molecule has 1 aliphatic carbocycles. The van der Waals surface area contributed by atoms with Crippen LogP contribution in [0, 0.1) is 11.6 Å². The van der Waals surface area contributed by atoms with Gasteiger partial charge in [0.25, 0.3) is 0 Å². The normalized spacial score (nSPS) is 16.5. The second kappa shape index (κ2) is 17.7. The number of furan rings is 1. The van der Waals surface area contributed by atoms with Crippen LogP contribution in [0.15, 0.2) is 77.5 Å². The van der Waals surface area contributed by atoms with E-state index in [0.29, 0.717) is 36.8 Å². The number of ether oxygens (including phenoxy) is 1. The van der Waals surface area contributed by atoms with Crippen LogP contribution >= 0.6 is 0 Å². The summed E-state index contributed by atoms with van der Waals surface area (Å²) >= 11 is 0. The third-order valence-electron chi connectivity index (χ3n) is 8.35. The van der Waals surface area contributed by atoms with Crippen LogP contribution in [-0.2, 0) is 20.3 Å². The highest BCUT2D eigenvalue weighted by atomic mass is 32.2. The molecule has 0 spiro atoms. The number of nitrogens with one attached hydrogen (secondary N) is 2. The van der Waals surface area contributed by atoms with Gasteiger partial charge in [0.05, 0.1) is 34.5 Å². The summed E-state index contributed by atoms with van der Waals surface area (Å²) in [5.41, 5.74) is 0.198. The molecule has 16 heteroatoms. The van der Waals surface area contributed by atoms with Crippen molar-refractivity contribution in [1.82, 2.24) is 20.6 Å². The minimum absolute atomic E-state index is 0.00375. The zero-order valence-corrected chi connectivity index (χ0v) is 30.4. The lowest BCUT2D eigenvalue weighted by atomic mass is 9.73. The topological polar surface area (TPSA) is 144 Å². The van der Waals surface area contributed by atoms with Crippen molar-refractivity contribution in [2.24, 2.45) is 0 Å². The van der Waals surface area contributed by atoms with Gasteiger partial charge >= 0.3 is 6.61 Å². The molecule has 0 aliphatic heterocycles. The van der Waals surface area contributed by atoms with E-state index in [-0.39, 0.29) is 51.2 Å². The lowest BCUT2D eigenvalue weighted by Gasteiger charge is -2.45. The van der Waals surface area contributed by atoms with Crippen molar-refractivity contribution in [2.45, 2.75) is 38.0 Å². The van der Waals surface area contributed by atoms with Gasteiger partial charge in [-0.2, -0.15) is 8.78 Å². The molecule has 0 unspecified atom stereocenters. The third-order valence-corrected chi connectivity index (χ3v) is 9.60. The monoisotopic (exact) mass is 757 g/mol. The van der Waals surface area contributed by atoms with Crippen molar-refractivity contribution >= 4 is 39.3 Å². The summed E-state index contributed by atoms with van der Waals surface area (Å²) in [4.78, 5) is 31.6. The predicted octanol–water partition coefficient (Wildman–Crippen LogP) is 6.58. The second-order valence-corrected chi connectivity index (χ2v) is 13.8. The molecule has 5 aromatic rings. The molecule has 2 aromatic heterocycles. The predicted molar refractivity (Wildman–Crippen MR) is 194 cm³/mol. The highest BCUT2D eigenvalue weighted by Gasteiger charge is 2.48. The van der Waals surface area contributed by atoms with E-state index in [0.717, 1.165) is 10.6 Å². The van der Waals surface area contributed by atoms with E-state index >= 15 is 4.39 Å². The van der Waals surface area contributed by atoms with Crippen LogP contribution < -0.4 is 14.9 Å². The number of sulfonamides is 1. The van der Waals surface area contributed by atoms with E-state index in [2.05, 4.69) is 25.3 Å². The van der Waals surface area contributed by atoms with Crippen molar-refractivity contribution in [1.29, 1.82) is 0 Å². The number of alkyl halides is 2. The fourth-order valence-electron chi connectivity index (χ4n) is 5.98. The van der Waals surface area contributed by atoms with Crippen LogP contribution in [0.4, 0.5) is 23.2 Å². The molecule has 282 valence electrons. The zero-order chi connectivity index (χ0) is 38.9. The number of hydrogen-bond acceptors (Lipinski definition) is 10. The number of nitrogens with zero attached hydrogens (tertiary/aromatic N) is 3. The molecule has 0 radical (unpaired) electrons. The molecule has 3 aromatic carbocycles. The van der Waals surface area contributed by atoms with E-state index in [4.69, 9.17) is 4.42 Å². The number of aromatic nitrogens is 2. The lowest BCUT2D eigenvalue weighted by molar-refractivity contribution is -0.199. The maximum atomic E-state index is 16.2. The minimum Gasteiger partial charge on any atom is -0.455 e. The molecular formula is C37H39F4N5O6S. The van der Waals surface area contributed by atoms with E-state index < -0.39 is 39.9 Å². The molecule has 1 aliphatic rings. The zero-order valence-electron chi connectivity index (χ0n) is 29.6. The van der Waals surface area contributed by atoms with Crippen molar-refractivity contribution in [3.63, 3.8) is 0 Å². The third kappa shape index (κ3) is 9.14. The van der Waals surface area contributed by atoms with Gasteiger partial charge in [-0.15, -0.1) is 0 Å². The van der Waals surface area contributed by atoms with Crippen LogP contribution in [0.2, 0.25) is 0 Å². The van der Waals surface area contributed by atoms with Crippen molar-refractivity contribution in [3.05, 3.63) is 102 Å². The smallest absolute Gasteiger partial charge is 0.345 e. The van der Waals surface area contributed by atoms with Crippen LogP contribution in [0.25, 0.3) is 33.4 Å². The first-order chi connectivity index (χ1) is 25.3. The summed E-state index contributed by atoms with van der Waals surface area (Å²) in [6, 6.07) is 14.3. The fourth-order valence-corrected chi connectivity index (χ4v) is 6.95. The Bertz CT molecular complexity index is 2130. The second-order valence-electron chi connectivity index (χ2n) is 11.9. The van der Waals surface area contributed by atoms with E-state index in [1.165, 1.54) is 42.5 Å². The van der Waals surface area contributed by atoms with Gasteiger partial charge in [0.15, 0.2) is 6.29 Å². The quantitative estimate of drug-likeness (QED) is 0.112. The van der Waals surface area contributed by atoms with Gasteiger partial charge in [-0.1, -0.05) is 18.2 Å². The Labute approximate surface area is 304 Å². The Morgan fingerprint density at radius 3 is 2.15 bits per heavy atom. The SMILES string of the molecule is CCN(c1cc2oc(-c3ccc(F)cc3)c(C=O)c2c(F)c1-c1cccc(C=O)c1)S(C)(=O)=O.CNC.CNC1(c2ncccn2)CC(OC(F)F)C1. The van der Waals surface area contributed by atoms with Gasteiger partial charge < -0.3 is 19.8 Å². The molecule has 2 N–H and O–H groups in total. The first kappa shape index (κ1) is 40.7. The molecule has 2 heterocycles. The van der Waals surface area contributed by atoms with E-state index in [9.17, 15) is 31.2 Å². The van der Waals surface area contributed by atoms with Crippen LogP contribution in [0.3, 0.4) is 0 Å². The number of benzene rings is 3. The van der Waals surface area contributed by atoms with Crippen molar-refractivity contribution in [3.8, 4) is 22.5 Å². The molecule has 1 saturated carbocycles. The maximum Gasteiger partial charge on any atom is 0.345 e. The average Bonchev–Trinajstić information content (AvgIpc) is 3.49. The first-order valence-corrected chi connectivity index (χ1v) is 18.1. The van der Waals surface area contributed by atoms with Gasteiger partial charge in [0, 0.05) is 41.7 Å². The summed E-state index contributed by atoms with van der Waals surface area (Å²) in [5, 5.41) is 5.69. The Hall–Kier alpha value is -5.03. The summed E-state index contributed by atoms with van der Waals surface area (Å²) in [6.45, 7) is -1.12. The molecule has 6 rings (SSSR count). The Morgan fingerprint density at radius 1 is 0.981 bits per heavy atom. The molecule has 1 fully saturated rings. The Balaban J connectivity index is 0.000000274. The minimum atomic E-state index is -3.82. The molecule has 11 nitrogen and oxygen atoms in total. The number of carbonyl (C=O) groups excluding carboxylic acids is 2. The van der Waals surface area contributed by atoms with Gasteiger partial charge in [0.1, 0.15) is 35.1 Å². The van der Waals surface area contributed by atoms with Gasteiger partial charge in [-0.3, -0.25) is 13.9 Å². The van der Waals surface area contributed by atoms with Crippen molar-refractivity contribution in [2.75, 3.05) is 38.2 Å². The number of fused-ring (bicyclic) bond motifs is 1. The summed E-state index contributed by atoms with van der Waals surface area (Å²) in [5.74, 6) is -0.718. The van der Waals surface area contributed by atoms with Crippen molar-refractivity contribution < 1.29 is 44.7 Å². The van der Waals surface area contributed by atoms with Gasteiger partial charge in [-0.25, -0.2) is 27.2 Å². The number of aldehydes is 2. The number of anilines is 1. The molecule has 0 amide bonds. The Morgan fingerprint density at radius 2 is 1.62 bits per heavy atom. The molecule has 0 atom stereocenters. The molecule has 0 bridgehead atoms. The van der Waals surface area contributed by atoms with Gasteiger partial charge in [0.2, 0.25) is 10.0 Å². The highest BCUT2D eigenvalue weighted by molar-refractivity contribution is 7.92. The molecular weight excluding hydrogens is 718 g/mol.